The summed E-state index contributed by atoms with van der Waals surface area (Å²) in [5.74, 6) is 1.60. The molecule has 0 amide bonds. The zero-order valence-electron chi connectivity index (χ0n) is 11.6. The Hall–Kier alpha value is -2.56. The van der Waals surface area contributed by atoms with E-state index in [0.29, 0.717) is 5.69 Å². The van der Waals surface area contributed by atoms with Crippen molar-refractivity contribution in [2.24, 2.45) is 5.18 Å². The summed E-state index contributed by atoms with van der Waals surface area (Å²) in [6.07, 6.45) is 1.47. The fourth-order valence-corrected chi connectivity index (χ4v) is 2.31. The lowest BCUT2D eigenvalue weighted by Crippen LogP contribution is -1.99. The van der Waals surface area contributed by atoms with Crippen LogP contribution in [0.3, 0.4) is 0 Å². The Labute approximate surface area is 116 Å². The maximum Gasteiger partial charge on any atom is 0.138 e. The molecule has 0 atom stereocenters. The minimum atomic E-state index is 0.322. The second kappa shape index (κ2) is 4.52. The Morgan fingerprint density at radius 3 is 2.50 bits per heavy atom. The predicted octanol–water partition coefficient (Wildman–Crippen LogP) is 3.74. The van der Waals surface area contributed by atoms with Gasteiger partial charge in [0.05, 0.1) is 17.2 Å². The average Bonchev–Trinajstić information content (AvgIpc) is 2.75. The first kappa shape index (κ1) is 12.5. The van der Waals surface area contributed by atoms with Crippen LogP contribution in [0.2, 0.25) is 0 Å². The molecule has 0 spiro atoms. The molecule has 0 aliphatic rings. The Kier molecular flexibility index (Phi) is 2.82. The van der Waals surface area contributed by atoms with E-state index in [4.69, 9.17) is 0 Å². The SMILES string of the molecule is Cc1cc2nc(C)n(-c3ccc(N=O)cn3)c2cc1C. The minimum Gasteiger partial charge on any atom is -0.281 e. The average molecular weight is 266 g/mol. The maximum absolute atomic E-state index is 10.5. The second-order valence-corrected chi connectivity index (χ2v) is 4.89. The van der Waals surface area contributed by atoms with Gasteiger partial charge in [0.1, 0.15) is 17.3 Å². The highest BCUT2D eigenvalue weighted by Gasteiger charge is 2.11. The molecule has 0 bridgehead atoms. The first-order valence-electron chi connectivity index (χ1n) is 6.36. The van der Waals surface area contributed by atoms with Crippen molar-refractivity contribution in [3.05, 3.63) is 52.3 Å². The van der Waals surface area contributed by atoms with Crippen molar-refractivity contribution in [3.63, 3.8) is 0 Å². The monoisotopic (exact) mass is 266 g/mol. The van der Waals surface area contributed by atoms with Gasteiger partial charge >= 0.3 is 0 Å². The molecule has 0 aliphatic carbocycles. The van der Waals surface area contributed by atoms with E-state index in [9.17, 15) is 4.91 Å². The molecule has 0 radical (unpaired) electrons. The van der Waals surface area contributed by atoms with Crippen molar-refractivity contribution in [3.8, 4) is 5.82 Å². The number of aryl methyl sites for hydroxylation is 3. The van der Waals surface area contributed by atoms with Gasteiger partial charge in [-0.15, -0.1) is 4.91 Å². The number of nitrogens with zero attached hydrogens (tertiary/aromatic N) is 4. The van der Waals surface area contributed by atoms with E-state index in [-0.39, 0.29) is 0 Å². The number of benzene rings is 1. The lowest BCUT2D eigenvalue weighted by atomic mass is 10.1. The number of hydrogen-bond donors (Lipinski definition) is 0. The van der Waals surface area contributed by atoms with Crippen molar-refractivity contribution in [1.82, 2.24) is 14.5 Å². The largest absolute Gasteiger partial charge is 0.281 e. The number of imidazole rings is 1. The first-order chi connectivity index (χ1) is 9.60. The number of rotatable bonds is 2. The normalized spacial score (nSPS) is 10.9. The molecule has 0 fully saturated rings. The van der Waals surface area contributed by atoms with Gasteiger partial charge in [0.25, 0.3) is 0 Å². The molecule has 20 heavy (non-hydrogen) atoms. The van der Waals surface area contributed by atoms with Crippen LogP contribution in [0.4, 0.5) is 5.69 Å². The van der Waals surface area contributed by atoms with Gasteiger partial charge in [-0.1, -0.05) is 0 Å². The summed E-state index contributed by atoms with van der Waals surface area (Å²) in [7, 11) is 0. The summed E-state index contributed by atoms with van der Waals surface area (Å²) >= 11 is 0. The van der Waals surface area contributed by atoms with Gasteiger partial charge in [-0.3, -0.25) is 4.57 Å². The third kappa shape index (κ3) is 1.87. The topological polar surface area (TPSA) is 60.1 Å². The third-order valence-electron chi connectivity index (χ3n) is 3.50. The highest BCUT2D eigenvalue weighted by Crippen LogP contribution is 2.24. The molecule has 0 unspecified atom stereocenters. The van der Waals surface area contributed by atoms with Crippen LogP contribution in [0.25, 0.3) is 16.9 Å². The number of pyridine rings is 1. The van der Waals surface area contributed by atoms with Crippen LogP contribution >= 0.6 is 0 Å². The molecule has 0 N–H and O–H groups in total. The van der Waals surface area contributed by atoms with Gasteiger partial charge in [-0.25, -0.2) is 9.97 Å². The Morgan fingerprint density at radius 1 is 1.10 bits per heavy atom. The Balaban J connectivity index is 2.26. The third-order valence-corrected chi connectivity index (χ3v) is 3.50. The predicted molar refractivity (Wildman–Crippen MR) is 78.5 cm³/mol. The summed E-state index contributed by atoms with van der Waals surface area (Å²) in [4.78, 5) is 19.3. The molecule has 3 aromatic rings. The molecule has 2 aromatic heterocycles. The smallest absolute Gasteiger partial charge is 0.138 e. The van der Waals surface area contributed by atoms with E-state index in [2.05, 4.69) is 41.1 Å². The maximum atomic E-state index is 10.5. The van der Waals surface area contributed by atoms with Crippen molar-refractivity contribution < 1.29 is 0 Å². The summed E-state index contributed by atoms with van der Waals surface area (Å²) in [5.41, 5.74) is 4.72. The van der Waals surface area contributed by atoms with Crippen LogP contribution in [-0.2, 0) is 0 Å². The van der Waals surface area contributed by atoms with Crippen molar-refractivity contribution >= 4 is 16.7 Å². The summed E-state index contributed by atoms with van der Waals surface area (Å²) in [6.45, 7) is 6.10. The Bertz CT molecular complexity index is 803. The van der Waals surface area contributed by atoms with Crippen LogP contribution in [-0.4, -0.2) is 14.5 Å². The second-order valence-electron chi connectivity index (χ2n) is 4.89. The van der Waals surface area contributed by atoms with Crippen LogP contribution in [0.5, 0.6) is 0 Å². The molecule has 2 heterocycles. The summed E-state index contributed by atoms with van der Waals surface area (Å²) < 4.78 is 1.98. The van der Waals surface area contributed by atoms with Gasteiger partial charge in [-0.05, 0) is 61.3 Å². The molecule has 100 valence electrons. The summed E-state index contributed by atoms with van der Waals surface area (Å²) in [5, 5.41) is 2.87. The van der Waals surface area contributed by atoms with E-state index in [0.717, 1.165) is 22.7 Å². The standard InChI is InChI=1S/C15H14N4O/c1-9-6-13-14(7-10(9)2)19(11(3)17-13)15-5-4-12(18-20)8-16-15/h4-8H,1-3H3. The van der Waals surface area contributed by atoms with Crippen molar-refractivity contribution in [1.29, 1.82) is 0 Å². The quantitative estimate of drug-likeness (QED) is 0.664. The van der Waals surface area contributed by atoms with E-state index in [1.807, 2.05) is 11.5 Å². The van der Waals surface area contributed by atoms with E-state index in [1.54, 1.807) is 12.1 Å². The number of fused-ring (bicyclic) bond motifs is 1. The molecule has 0 aliphatic heterocycles. The van der Waals surface area contributed by atoms with Gasteiger partial charge in [0, 0.05) is 0 Å². The molecule has 0 saturated carbocycles. The first-order valence-corrected chi connectivity index (χ1v) is 6.36. The fourth-order valence-electron chi connectivity index (χ4n) is 2.31. The molecule has 5 nitrogen and oxygen atoms in total. The molecule has 5 heteroatoms. The highest BCUT2D eigenvalue weighted by atomic mass is 16.3. The van der Waals surface area contributed by atoms with Gasteiger partial charge < -0.3 is 0 Å². The van der Waals surface area contributed by atoms with Crippen LogP contribution < -0.4 is 0 Å². The van der Waals surface area contributed by atoms with Gasteiger partial charge in [0.2, 0.25) is 0 Å². The Morgan fingerprint density at radius 2 is 1.85 bits per heavy atom. The van der Waals surface area contributed by atoms with Crippen LogP contribution in [0.1, 0.15) is 17.0 Å². The lowest BCUT2D eigenvalue weighted by molar-refractivity contribution is 0.956. The van der Waals surface area contributed by atoms with E-state index < -0.39 is 0 Å². The fraction of sp³-hybridized carbons (Fsp3) is 0.200. The van der Waals surface area contributed by atoms with Gasteiger partial charge in [0.15, 0.2) is 0 Å². The number of aromatic nitrogens is 3. The van der Waals surface area contributed by atoms with Crippen LogP contribution in [0.15, 0.2) is 35.6 Å². The molecular weight excluding hydrogens is 252 g/mol. The van der Waals surface area contributed by atoms with E-state index >= 15 is 0 Å². The van der Waals surface area contributed by atoms with Crippen LogP contribution in [0, 0.1) is 25.7 Å². The molecule has 1 aromatic carbocycles. The molecule has 3 rings (SSSR count). The van der Waals surface area contributed by atoms with Crippen molar-refractivity contribution in [2.75, 3.05) is 0 Å². The summed E-state index contributed by atoms with van der Waals surface area (Å²) in [6, 6.07) is 7.62. The lowest BCUT2D eigenvalue weighted by Gasteiger charge is -2.07. The zero-order chi connectivity index (χ0) is 14.3. The van der Waals surface area contributed by atoms with Crippen molar-refractivity contribution in [2.45, 2.75) is 20.8 Å². The molecular formula is C15H14N4O. The highest BCUT2D eigenvalue weighted by molar-refractivity contribution is 5.79. The van der Waals surface area contributed by atoms with Gasteiger partial charge in [-0.2, -0.15) is 0 Å². The minimum absolute atomic E-state index is 0.322. The zero-order valence-corrected chi connectivity index (χ0v) is 11.6. The number of hydrogen-bond acceptors (Lipinski definition) is 4. The molecule has 0 saturated heterocycles. The number of nitroso groups, excluding NO2 is 1. The van der Waals surface area contributed by atoms with E-state index in [1.165, 1.54) is 17.3 Å².